The minimum absolute atomic E-state index is 0.134. The standard InChI is InChI=1S/C37H37Cl2N3O6/c1-45-31-12-11-25(18-33(31)46-2)32(19-28-29(38)20-40-21-30(28)39)47-36(43)26-9-6-10-27(17-26)41-35(24-7-4-3-5-8-24)37(44)48-34-22-42-15-13-23(34)14-16-42/h3-12,17-18,20-21,23,32,34-35,41H,13-16,19,22H2,1-2H3/t32-,34?,35?/m0/s1. The van der Waals surface area contributed by atoms with Gasteiger partial charge in [-0.3, -0.25) is 9.88 Å². The van der Waals surface area contributed by atoms with E-state index >= 15 is 0 Å². The van der Waals surface area contributed by atoms with E-state index in [0.717, 1.165) is 38.0 Å². The topological polar surface area (TPSA) is 99.2 Å². The first-order chi connectivity index (χ1) is 23.3. The van der Waals surface area contributed by atoms with E-state index in [-0.39, 0.29) is 24.1 Å². The molecule has 3 saturated heterocycles. The maximum absolute atomic E-state index is 13.8. The summed E-state index contributed by atoms with van der Waals surface area (Å²) in [6.07, 6.45) is 4.32. The second-order valence-electron chi connectivity index (χ2n) is 12.0. The van der Waals surface area contributed by atoms with E-state index < -0.39 is 18.1 Å². The van der Waals surface area contributed by atoms with Crippen LogP contribution >= 0.6 is 23.2 Å². The fourth-order valence-electron chi connectivity index (χ4n) is 6.38. The maximum Gasteiger partial charge on any atom is 0.338 e. The van der Waals surface area contributed by atoms with Gasteiger partial charge in [-0.15, -0.1) is 0 Å². The molecule has 3 aromatic carbocycles. The first-order valence-corrected chi connectivity index (χ1v) is 16.6. The van der Waals surface area contributed by atoms with Crippen LogP contribution in [0.3, 0.4) is 0 Å². The van der Waals surface area contributed by atoms with Gasteiger partial charge in [0.1, 0.15) is 12.2 Å². The minimum atomic E-state index is -0.792. The fourth-order valence-corrected chi connectivity index (χ4v) is 6.90. The molecule has 2 unspecified atom stereocenters. The Balaban J connectivity index is 1.24. The lowest BCUT2D eigenvalue weighted by Crippen LogP contribution is -2.52. The van der Waals surface area contributed by atoms with E-state index in [1.165, 1.54) is 19.5 Å². The van der Waals surface area contributed by atoms with E-state index in [9.17, 15) is 9.59 Å². The second-order valence-corrected chi connectivity index (χ2v) is 12.8. The molecule has 3 aliphatic heterocycles. The normalized spacial score (nSPS) is 19.5. The number of carbonyl (C=O) groups is 2. The Hall–Kier alpha value is -4.31. The lowest BCUT2D eigenvalue weighted by Gasteiger charge is -2.44. The van der Waals surface area contributed by atoms with Gasteiger partial charge in [-0.1, -0.05) is 65.7 Å². The van der Waals surface area contributed by atoms with Crippen LogP contribution in [0.25, 0.3) is 0 Å². The molecule has 250 valence electrons. The van der Waals surface area contributed by atoms with Crippen molar-refractivity contribution in [3.63, 3.8) is 0 Å². The first kappa shape index (κ1) is 33.6. The zero-order valence-electron chi connectivity index (χ0n) is 26.7. The molecule has 3 aliphatic rings. The molecule has 0 saturated carbocycles. The van der Waals surface area contributed by atoms with Crippen LogP contribution in [0.1, 0.15) is 52.0 Å². The van der Waals surface area contributed by atoms with Gasteiger partial charge >= 0.3 is 11.9 Å². The summed E-state index contributed by atoms with van der Waals surface area (Å²) in [5.74, 6) is 0.457. The van der Waals surface area contributed by atoms with Gasteiger partial charge in [-0.2, -0.15) is 0 Å². The molecule has 1 N–H and O–H groups in total. The largest absolute Gasteiger partial charge is 0.493 e. The molecule has 4 aromatic rings. The van der Waals surface area contributed by atoms with Crippen molar-refractivity contribution in [2.75, 3.05) is 39.2 Å². The van der Waals surface area contributed by atoms with Crippen molar-refractivity contribution in [2.45, 2.75) is 37.5 Å². The van der Waals surface area contributed by atoms with Gasteiger partial charge in [0.25, 0.3) is 0 Å². The molecule has 7 rings (SSSR count). The van der Waals surface area contributed by atoms with Crippen LogP contribution in [0.15, 0.2) is 85.2 Å². The number of piperidine rings is 3. The minimum Gasteiger partial charge on any atom is -0.493 e. The molecular formula is C37H37Cl2N3O6. The summed E-state index contributed by atoms with van der Waals surface area (Å²) >= 11 is 12.9. The molecular weight excluding hydrogens is 653 g/mol. The molecule has 3 fully saturated rings. The average Bonchev–Trinajstić information content (AvgIpc) is 3.12. The Bertz CT molecular complexity index is 1730. The number of pyridine rings is 1. The van der Waals surface area contributed by atoms with Crippen LogP contribution in [0.5, 0.6) is 11.5 Å². The number of nitrogens with zero attached hydrogens (tertiary/aromatic N) is 2. The highest BCUT2D eigenvalue weighted by Gasteiger charge is 2.38. The van der Waals surface area contributed by atoms with Crippen molar-refractivity contribution < 1.29 is 28.5 Å². The van der Waals surface area contributed by atoms with Crippen molar-refractivity contribution in [3.05, 3.63) is 117 Å². The highest BCUT2D eigenvalue weighted by Crippen LogP contribution is 2.36. The molecule has 11 heteroatoms. The highest BCUT2D eigenvalue weighted by atomic mass is 35.5. The summed E-state index contributed by atoms with van der Waals surface area (Å²) in [6, 6.07) is 20.8. The van der Waals surface area contributed by atoms with Crippen molar-refractivity contribution in [1.82, 2.24) is 9.88 Å². The number of rotatable bonds is 12. The molecule has 48 heavy (non-hydrogen) atoms. The van der Waals surface area contributed by atoms with Gasteiger partial charge < -0.3 is 24.3 Å². The van der Waals surface area contributed by atoms with Gasteiger partial charge in [-0.25, -0.2) is 9.59 Å². The van der Waals surface area contributed by atoms with Gasteiger partial charge in [0, 0.05) is 31.0 Å². The number of fused-ring (bicyclic) bond motifs is 3. The summed E-state index contributed by atoms with van der Waals surface area (Å²) in [6.45, 7) is 2.87. The summed E-state index contributed by atoms with van der Waals surface area (Å²) in [7, 11) is 3.08. The summed E-state index contributed by atoms with van der Waals surface area (Å²) in [5.41, 5.74) is 2.85. The number of carbonyl (C=O) groups excluding carboxylic acids is 2. The Labute approximate surface area is 290 Å². The van der Waals surface area contributed by atoms with Crippen LogP contribution in [0.2, 0.25) is 10.0 Å². The smallest absolute Gasteiger partial charge is 0.338 e. The third-order valence-corrected chi connectivity index (χ3v) is 9.66. The summed E-state index contributed by atoms with van der Waals surface area (Å²) in [4.78, 5) is 33.9. The maximum atomic E-state index is 13.8. The molecule has 0 spiro atoms. The molecule has 0 radical (unpaired) electrons. The number of benzene rings is 3. The number of methoxy groups -OCH3 is 2. The molecule has 9 nitrogen and oxygen atoms in total. The van der Waals surface area contributed by atoms with Crippen LogP contribution in [-0.2, 0) is 20.7 Å². The number of hydrogen-bond donors (Lipinski definition) is 1. The van der Waals surface area contributed by atoms with Gasteiger partial charge in [-0.05, 0) is 78.9 Å². The van der Waals surface area contributed by atoms with Crippen molar-refractivity contribution >= 4 is 40.8 Å². The number of aromatic nitrogens is 1. The predicted octanol–water partition coefficient (Wildman–Crippen LogP) is 7.34. The van der Waals surface area contributed by atoms with E-state index in [0.29, 0.717) is 44.3 Å². The molecule has 0 aliphatic carbocycles. The molecule has 4 heterocycles. The third-order valence-electron chi connectivity index (χ3n) is 9.01. The Morgan fingerprint density at radius 3 is 2.29 bits per heavy atom. The van der Waals surface area contributed by atoms with Gasteiger partial charge in [0.05, 0.1) is 29.8 Å². The summed E-state index contributed by atoms with van der Waals surface area (Å²) in [5, 5.41) is 4.03. The summed E-state index contributed by atoms with van der Waals surface area (Å²) < 4.78 is 23.2. The Kier molecular flexibility index (Phi) is 10.7. The zero-order valence-corrected chi connectivity index (χ0v) is 28.2. The van der Waals surface area contributed by atoms with Crippen LogP contribution in [0.4, 0.5) is 5.69 Å². The van der Waals surface area contributed by atoms with Crippen LogP contribution in [-0.4, -0.2) is 61.8 Å². The van der Waals surface area contributed by atoms with E-state index in [4.69, 9.17) is 42.1 Å². The van der Waals surface area contributed by atoms with Crippen LogP contribution < -0.4 is 14.8 Å². The second kappa shape index (κ2) is 15.3. The van der Waals surface area contributed by atoms with Gasteiger partial charge in [0.15, 0.2) is 17.5 Å². The van der Waals surface area contributed by atoms with E-state index in [1.807, 2.05) is 30.3 Å². The highest BCUT2D eigenvalue weighted by molar-refractivity contribution is 6.35. The zero-order chi connectivity index (χ0) is 33.6. The average molecular weight is 691 g/mol. The number of esters is 2. The van der Waals surface area contributed by atoms with Gasteiger partial charge in [0.2, 0.25) is 0 Å². The number of ether oxygens (including phenoxy) is 4. The Morgan fingerprint density at radius 1 is 0.896 bits per heavy atom. The quantitative estimate of drug-likeness (QED) is 0.153. The molecule has 0 amide bonds. The SMILES string of the molecule is COc1ccc([C@H](Cc2c(Cl)cncc2Cl)OC(=O)c2cccc(NC(C(=O)OC3CN4CCC3CC4)c3ccccc3)c2)cc1OC. The van der Waals surface area contributed by atoms with E-state index in [1.54, 1.807) is 49.6 Å². The monoisotopic (exact) mass is 689 g/mol. The lowest BCUT2D eigenvalue weighted by molar-refractivity contribution is -0.159. The van der Waals surface area contributed by atoms with Crippen molar-refractivity contribution in [3.8, 4) is 11.5 Å². The van der Waals surface area contributed by atoms with Crippen molar-refractivity contribution in [1.29, 1.82) is 0 Å². The third kappa shape index (κ3) is 7.70. The lowest BCUT2D eigenvalue weighted by atomic mass is 9.86. The number of anilines is 1. The fraction of sp³-hybridized carbons (Fsp3) is 0.324. The molecule has 1 aromatic heterocycles. The van der Waals surface area contributed by atoms with Crippen LogP contribution in [0, 0.1) is 5.92 Å². The van der Waals surface area contributed by atoms with E-state index in [2.05, 4.69) is 15.2 Å². The Morgan fingerprint density at radius 2 is 1.62 bits per heavy atom. The molecule has 3 atom stereocenters. The van der Waals surface area contributed by atoms with Crippen molar-refractivity contribution in [2.24, 2.45) is 5.92 Å². The number of hydrogen-bond acceptors (Lipinski definition) is 9. The molecule has 2 bridgehead atoms. The number of halogens is 2. The number of nitrogens with one attached hydrogen (secondary N) is 1. The first-order valence-electron chi connectivity index (χ1n) is 15.9. The predicted molar refractivity (Wildman–Crippen MR) is 184 cm³/mol.